The Morgan fingerprint density at radius 3 is 2.37 bits per heavy atom. The first-order chi connectivity index (χ1) is 14.4. The maximum atomic E-state index is 12.7. The fourth-order valence-corrected chi connectivity index (χ4v) is 3.56. The number of methoxy groups -OCH3 is 2. The van der Waals surface area contributed by atoms with Gasteiger partial charge >= 0.3 is 0 Å². The number of nitrogens with one attached hydrogen (secondary N) is 1. The molecule has 0 bridgehead atoms. The Morgan fingerprint density at radius 2 is 1.73 bits per heavy atom. The maximum absolute atomic E-state index is 12.7. The number of benzene rings is 2. The monoisotopic (exact) mass is 414 g/mol. The van der Waals surface area contributed by atoms with Crippen LogP contribution in [0, 0.1) is 10.1 Å². The van der Waals surface area contributed by atoms with E-state index < -0.39 is 0 Å². The van der Waals surface area contributed by atoms with E-state index in [0.717, 1.165) is 0 Å². The zero-order valence-corrected chi connectivity index (χ0v) is 17.3. The molecule has 9 nitrogen and oxygen atoms in total. The third-order valence-corrected chi connectivity index (χ3v) is 5.31. The largest absolute Gasteiger partial charge is 0.493 e. The van der Waals surface area contributed by atoms with Gasteiger partial charge in [-0.2, -0.15) is 0 Å². The molecule has 1 unspecified atom stereocenters. The van der Waals surface area contributed by atoms with Crippen molar-refractivity contribution in [2.75, 3.05) is 50.6 Å². The second-order valence-electron chi connectivity index (χ2n) is 7.00. The first kappa shape index (κ1) is 21.4. The van der Waals surface area contributed by atoms with E-state index >= 15 is 0 Å². The van der Waals surface area contributed by atoms with Crippen LogP contribution in [0.1, 0.15) is 6.92 Å². The fourth-order valence-electron chi connectivity index (χ4n) is 3.56. The van der Waals surface area contributed by atoms with Crippen molar-refractivity contribution in [3.8, 4) is 11.5 Å². The van der Waals surface area contributed by atoms with Crippen LogP contribution in [-0.4, -0.2) is 62.2 Å². The van der Waals surface area contributed by atoms with Crippen molar-refractivity contribution in [3.05, 3.63) is 52.6 Å². The Kier molecular flexibility index (Phi) is 6.73. The summed E-state index contributed by atoms with van der Waals surface area (Å²) < 4.78 is 10.5. The molecule has 0 aromatic heterocycles. The van der Waals surface area contributed by atoms with Crippen LogP contribution in [0.4, 0.5) is 17.1 Å². The van der Waals surface area contributed by atoms with Crippen molar-refractivity contribution in [3.63, 3.8) is 0 Å². The first-order valence-electron chi connectivity index (χ1n) is 9.70. The van der Waals surface area contributed by atoms with E-state index in [1.807, 2.05) is 11.8 Å². The number of nitro benzene ring substituents is 1. The van der Waals surface area contributed by atoms with Gasteiger partial charge in [-0.05, 0) is 25.1 Å². The van der Waals surface area contributed by atoms with E-state index in [9.17, 15) is 14.9 Å². The van der Waals surface area contributed by atoms with Gasteiger partial charge in [0.15, 0.2) is 11.5 Å². The van der Waals surface area contributed by atoms with Gasteiger partial charge in [0.1, 0.15) is 5.69 Å². The number of anilines is 2. The second-order valence-corrected chi connectivity index (χ2v) is 7.00. The highest BCUT2D eigenvalue weighted by Crippen LogP contribution is 2.30. The van der Waals surface area contributed by atoms with E-state index in [1.165, 1.54) is 6.07 Å². The smallest absolute Gasteiger partial charge is 0.292 e. The van der Waals surface area contributed by atoms with Crippen LogP contribution in [0.2, 0.25) is 0 Å². The summed E-state index contributed by atoms with van der Waals surface area (Å²) in [5.74, 6) is 1.01. The lowest BCUT2D eigenvalue weighted by atomic mass is 10.1. The third-order valence-electron chi connectivity index (χ3n) is 5.31. The zero-order valence-electron chi connectivity index (χ0n) is 17.3. The number of carbonyl (C=O) groups excluding carboxylic acids is 1. The van der Waals surface area contributed by atoms with Crippen molar-refractivity contribution >= 4 is 23.0 Å². The summed E-state index contributed by atoms with van der Waals surface area (Å²) in [6.45, 7) is 4.34. The molecule has 0 spiro atoms. The summed E-state index contributed by atoms with van der Waals surface area (Å²) in [5, 5.41) is 14.2. The van der Waals surface area contributed by atoms with Crippen molar-refractivity contribution in [2.24, 2.45) is 0 Å². The Labute approximate surface area is 175 Å². The van der Waals surface area contributed by atoms with Gasteiger partial charge in [0.2, 0.25) is 5.91 Å². The van der Waals surface area contributed by atoms with Crippen LogP contribution in [-0.2, 0) is 4.79 Å². The van der Waals surface area contributed by atoms with Gasteiger partial charge in [0, 0.05) is 44.0 Å². The SMILES string of the molecule is COc1ccc(NC(=O)C(C)N2CCN(c3ccccc3[N+](=O)[O-])CC2)cc1OC. The molecule has 2 aromatic carbocycles. The average Bonchev–Trinajstić information content (AvgIpc) is 2.78. The number of piperazine rings is 1. The molecule has 0 saturated carbocycles. The van der Waals surface area contributed by atoms with Crippen molar-refractivity contribution in [1.29, 1.82) is 0 Å². The summed E-state index contributed by atoms with van der Waals surface area (Å²) in [6.07, 6.45) is 0. The fraction of sp³-hybridized carbons (Fsp3) is 0.381. The second kappa shape index (κ2) is 9.45. The van der Waals surface area contributed by atoms with Crippen LogP contribution in [0.5, 0.6) is 11.5 Å². The van der Waals surface area contributed by atoms with E-state index in [1.54, 1.807) is 50.6 Å². The summed E-state index contributed by atoms with van der Waals surface area (Å²) in [7, 11) is 3.10. The quantitative estimate of drug-likeness (QED) is 0.550. The average molecular weight is 414 g/mol. The Hall–Kier alpha value is -3.33. The molecule has 1 amide bonds. The summed E-state index contributed by atoms with van der Waals surface area (Å²) in [5.41, 5.74) is 1.35. The number of ether oxygens (including phenoxy) is 2. The maximum Gasteiger partial charge on any atom is 0.292 e. The van der Waals surface area contributed by atoms with Gasteiger partial charge in [-0.1, -0.05) is 12.1 Å². The summed E-state index contributed by atoms with van der Waals surface area (Å²) in [4.78, 5) is 27.7. The van der Waals surface area contributed by atoms with E-state index in [4.69, 9.17) is 9.47 Å². The predicted octanol–water partition coefficient (Wildman–Crippen LogP) is 2.76. The number of rotatable bonds is 7. The highest BCUT2D eigenvalue weighted by molar-refractivity contribution is 5.94. The standard InChI is InChI=1S/C21H26N4O5/c1-15(21(26)22-16-8-9-19(29-2)20(14-16)30-3)23-10-12-24(13-11-23)17-6-4-5-7-18(17)25(27)28/h4-9,14-15H,10-13H2,1-3H3,(H,22,26). The van der Waals surface area contributed by atoms with E-state index in [0.29, 0.717) is 49.1 Å². The minimum absolute atomic E-state index is 0.102. The highest BCUT2D eigenvalue weighted by atomic mass is 16.6. The summed E-state index contributed by atoms with van der Waals surface area (Å²) >= 11 is 0. The Balaban J connectivity index is 1.61. The Bertz CT molecular complexity index is 912. The third kappa shape index (κ3) is 4.62. The number of carbonyl (C=O) groups is 1. The lowest BCUT2D eigenvalue weighted by Gasteiger charge is -2.38. The molecule has 30 heavy (non-hydrogen) atoms. The predicted molar refractivity (Wildman–Crippen MR) is 115 cm³/mol. The molecule has 1 saturated heterocycles. The molecule has 3 rings (SSSR count). The molecular weight excluding hydrogens is 388 g/mol. The minimum atomic E-state index is -0.360. The normalized spacial score (nSPS) is 15.4. The van der Waals surface area contributed by atoms with Gasteiger partial charge in [-0.25, -0.2) is 0 Å². The lowest BCUT2D eigenvalue weighted by Crippen LogP contribution is -2.52. The summed E-state index contributed by atoms with van der Waals surface area (Å²) in [6, 6.07) is 11.6. The molecule has 1 aliphatic rings. The number of nitro groups is 1. The number of hydrogen-bond donors (Lipinski definition) is 1. The van der Waals surface area contributed by atoms with Gasteiger partial charge in [-0.15, -0.1) is 0 Å². The zero-order chi connectivity index (χ0) is 21.7. The van der Waals surface area contributed by atoms with Crippen LogP contribution < -0.4 is 19.7 Å². The van der Waals surface area contributed by atoms with Gasteiger partial charge in [-0.3, -0.25) is 19.8 Å². The molecule has 0 aliphatic carbocycles. The van der Waals surface area contributed by atoms with Crippen molar-refractivity contribution < 1.29 is 19.2 Å². The van der Waals surface area contributed by atoms with Gasteiger partial charge < -0.3 is 19.7 Å². The van der Waals surface area contributed by atoms with Crippen LogP contribution in [0.3, 0.4) is 0 Å². The van der Waals surface area contributed by atoms with Crippen LogP contribution in [0.25, 0.3) is 0 Å². The molecular formula is C21H26N4O5. The molecule has 1 aliphatic heterocycles. The molecule has 1 fully saturated rings. The van der Waals surface area contributed by atoms with Gasteiger partial charge in [0.25, 0.3) is 5.69 Å². The lowest BCUT2D eigenvalue weighted by molar-refractivity contribution is -0.384. The van der Waals surface area contributed by atoms with Crippen molar-refractivity contribution in [1.82, 2.24) is 4.90 Å². The number of amides is 1. The highest BCUT2D eigenvalue weighted by Gasteiger charge is 2.28. The first-order valence-corrected chi connectivity index (χ1v) is 9.70. The van der Waals surface area contributed by atoms with Crippen LogP contribution in [0.15, 0.2) is 42.5 Å². The van der Waals surface area contributed by atoms with Gasteiger partial charge in [0.05, 0.1) is 25.2 Å². The topological polar surface area (TPSA) is 97.2 Å². The minimum Gasteiger partial charge on any atom is -0.493 e. The number of hydrogen-bond acceptors (Lipinski definition) is 7. The Morgan fingerprint density at radius 1 is 1.07 bits per heavy atom. The molecule has 0 radical (unpaired) electrons. The molecule has 160 valence electrons. The molecule has 1 N–H and O–H groups in total. The van der Waals surface area contributed by atoms with E-state index in [2.05, 4.69) is 10.2 Å². The van der Waals surface area contributed by atoms with Crippen molar-refractivity contribution in [2.45, 2.75) is 13.0 Å². The number of nitrogens with zero attached hydrogens (tertiary/aromatic N) is 3. The van der Waals surface area contributed by atoms with Crippen LogP contribution >= 0.6 is 0 Å². The molecule has 1 atom stereocenters. The van der Waals surface area contributed by atoms with E-state index in [-0.39, 0.29) is 22.6 Å². The molecule has 9 heteroatoms. The number of para-hydroxylation sites is 2. The molecule has 2 aromatic rings. The molecule has 1 heterocycles.